The first-order valence-electron chi connectivity index (χ1n) is 7.04. The third kappa shape index (κ3) is 2.66. The Labute approximate surface area is 146 Å². The molecule has 9 nitrogen and oxygen atoms in total. The summed E-state index contributed by atoms with van der Waals surface area (Å²) in [6, 6.07) is 11.4. The fraction of sp³-hybridized carbons (Fsp3) is 0. The lowest BCUT2D eigenvalue weighted by Crippen LogP contribution is -2.18. The van der Waals surface area contributed by atoms with E-state index in [4.69, 9.17) is 5.26 Å². The maximum atomic E-state index is 13.0. The minimum atomic E-state index is -4.46. The number of fused-ring (bicyclic) bond motifs is 1. The van der Waals surface area contributed by atoms with Crippen LogP contribution < -0.4 is 0 Å². The van der Waals surface area contributed by atoms with E-state index in [2.05, 4.69) is 0 Å². The van der Waals surface area contributed by atoms with Crippen LogP contribution in [0.2, 0.25) is 0 Å². The number of aromatic carboxylic acids is 1. The van der Waals surface area contributed by atoms with E-state index in [1.54, 1.807) is 0 Å². The van der Waals surface area contributed by atoms with E-state index >= 15 is 0 Å². The van der Waals surface area contributed by atoms with Gasteiger partial charge in [-0.25, -0.2) is 17.2 Å². The molecule has 130 valence electrons. The Morgan fingerprint density at radius 3 is 2.54 bits per heavy atom. The molecule has 26 heavy (non-hydrogen) atoms. The zero-order chi connectivity index (χ0) is 19.1. The van der Waals surface area contributed by atoms with Crippen LogP contribution in [0.1, 0.15) is 16.1 Å². The third-order valence-electron chi connectivity index (χ3n) is 3.68. The van der Waals surface area contributed by atoms with E-state index in [9.17, 15) is 28.4 Å². The van der Waals surface area contributed by atoms with Crippen molar-refractivity contribution in [3.05, 3.63) is 69.9 Å². The van der Waals surface area contributed by atoms with Crippen LogP contribution in [-0.2, 0) is 10.0 Å². The summed E-state index contributed by atoms with van der Waals surface area (Å²) in [4.78, 5) is 21.3. The van der Waals surface area contributed by atoms with Gasteiger partial charge >= 0.3 is 5.97 Å². The predicted octanol–water partition coefficient (Wildman–Crippen LogP) is 2.36. The fourth-order valence-corrected chi connectivity index (χ4v) is 4.06. The van der Waals surface area contributed by atoms with Crippen LogP contribution >= 0.6 is 0 Å². The summed E-state index contributed by atoms with van der Waals surface area (Å²) in [6.07, 6.45) is 0. The van der Waals surface area contributed by atoms with Gasteiger partial charge in [-0.05, 0) is 24.3 Å². The molecular formula is C16H9N3O6S. The number of benzene rings is 2. The molecule has 0 fully saturated rings. The fourth-order valence-electron chi connectivity index (χ4n) is 2.52. The number of hydrogen-bond acceptors (Lipinski definition) is 6. The van der Waals surface area contributed by atoms with Gasteiger partial charge in [-0.1, -0.05) is 12.1 Å². The van der Waals surface area contributed by atoms with E-state index in [-0.39, 0.29) is 11.1 Å². The SMILES string of the molecule is N#Cc1ccc2cc(C(=O)O)n(S(=O)(=O)c3cccc([N+](=O)[O-])c3)c2c1. The average molecular weight is 371 g/mol. The van der Waals surface area contributed by atoms with E-state index in [0.29, 0.717) is 9.36 Å². The van der Waals surface area contributed by atoms with Crippen molar-refractivity contribution >= 4 is 32.6 Å². The Balaban J connectivity index is 2.37. The molecule has 0 atom stereocenters. The summed E-state index contributed by atoms with van der Waals surface area (Å²) in [7, 11) is -4.46. The largest absolute Gasteiger partial charge is 0.477 e. The highest BCUT2D eigenvalue weighted by molar-refractivity contribution is 7.90. The molecule has 0 spiro atoms. The van der Waals surface area contributed by atoms with Gasteiger partial charge in [0.15, 0.2) is 0 Å². The van der Waals surface area contributed by atoms with Gasteiger partial charge < -0.3 is 5.11 Å². The summed E-state index contributed by atoms with van der Waals surface area (Å²) in [5.74, 6) is -1.49. The van der Waals surface area contributed by atoms with Crippen molar-refractivity contribution in [3.8, 4) is 6.07 Å². The maximum absolute atomic E-state index is 13.0. The number of non-ortho nitro benzene ring substituents is 1. The minimum absolute atomic E-state index is 0.00652. The van der Waals surface area contributed by atoms with Crippen LogP contribution in [0.4, 0.5) is 5.69 Å². The smallest absolute Gasteiger partial charge is 0.353 e. The van der Waals surface area contributed by atoms with Crippen LogP contribution in [0.3, 0.4) is 0 Å². The number of hydrogen-bond donors (Lipinski definition) is 1. The van der Waals surface area contributed by atoms with Gasteiger partial charge in [0.2, 0.25) is 0 Å². The first-order valence-corrected chi connectivity index (χ1v) is 8.48. The Hall–Kier alpha value is -3.71. The van der Waals surface area contributed by atoms with Crippen molar-refractivity contribution in [2.75, 3.05) is 0 Å². The summed E-state index contributed by atoms with van der Waals surface area (Å²) >= 11 is 0. The number of nitro groups is 1. The number of carboxylic acids is 1. The molecule has 0 amide bonds. The molecule has 10 heteroatoms. The van der Waals surface area contributed by atoms with Gasteiger partial charge in [0.05, 0.1) is 27.0 Å². The molecule has 3 rings (SSSR count). The second kappa shape index (κ2) is 5.98. The molecule has 3 aromatic rings. The molecule has 0 saturated heterocycles. The maximum Gasteiger partial charge on any atom is 0.353 e. The van der Waals surface area contributed by atoms with Crippen molar-refractivity contribution in [2.45, 2.75) is 4.90 Å². The molecule has 0 saturated carbocycles. The Kier molecular flexibility index (Phi) is 3.94. The second-order valence-electron chi connectivity index (χ2n) is 5.24. The molecule has 1 heterocycles. The highest BCUT2D eigenvalue weighted by atomic mass is 32.2. The van der Waals surface area contributed by atoms with Gasteiger partial charge in [-0.3, -0.25) is 10.1 Å². The van der Waals surface area contributed by atoms with E-state index in [1.165, 1.54) is 24.3 Å². The van der Waals surface area contributed by atoms with Gasteiger partial charge in [0.25, 0.3) is 15.7 Å². The molecule has 0 aliphatic heterocycles. The van der Waals surface area contributed by atoms with Gasteiger partial charge in [0.1, 0.15) is 5.69 Å². The number of rotatable bonds is 4. The standard InChI is InChI=1S/C16H9N3O6S/c17-9-10-4-5-11-7-15(16(20)21)18(14(11)6-10)26(24,25)13-3-1-2-12(8-13)19(22)23/h1-8H,(H,20,21). The highest BCUT2D eigenvalue weighted by Gasteiger charge is 2.27. The first-order chi connectivity index (χ1) is 12.3. The zero-order valence-corrected chi connectivity index (χ0v) is 13.7. The lowest BCUT2D eigenvalue weighted by Gasteiger charge is -2.10. The third-order valence-corrected chi connectivity index (χ3v) is 5.40. The number of carboxylic acid groups (broad SMARTS) is 1. The summed E-state index contributed by atoms with van der Waals surface area (Å²) in [5.41, 5.74) is -0.852. The molecule has 1 N–H and O–H groups in total. The molecule has 0 aliphatic rings. The lowest BCUT2D eigenvalue weighted by atomic mass is 10.2. The number of carbonyl (C=O) groups is 1. The summed E-state index contributed by atoms with van der Waals surface area (Å²) < 4.78 is 26.6. The number of nitrogens with zero attached hydrogens (tertiary/aromatic N) is 3. The zero-order valence-electron chi connectivity index (χ0n) is 12.9. The second-order valence-corrected chi connectivity index (χ2v) is 7.03. The monoisotopic (exact) mass is 371 g/mol. The first kappa shape index (κ1) is 17.1. The average Bonchev–Trinajstić information content (AvgIpc) is 3.01. The molecule has 2 aromatic carbocycles. The van der Waals surface area contributed by atoms with Crippen molar-refractivity contribution in [2.24, 2.45) is 0 Å². The van der Waals surface area contributed by atoms with Crippen molar-refractivity contribution in [3.63, 3.8) is 0 Å². The number of nitro benzene ring substituents is 1. The number of nitriles is 1. The minimum Gasteiger partial charge on any atom is -0.477 e. The lowest BCUT2D eigenvalue weighted by molar-refractivity contribution is -0.385. The highest BCUT2D eigenvalue weighted by Crippen LogP contribution is 2.28. The Morgan fingerprint density at radius 1 is 1.19 bits per heavy atom. The Bertz CT molecular complexity index is 1220. The molecule has 0 aliphatic carbocycles. The van der Waals surface area contributed by atoms with Crippen molar-refractivity contribution < 1.29 is 23.2 Å². The predicted molar refractivity (Wildman–Crippen MR) is 89.3 cm³/mol. The molecule has 0 bridgehead atoms. The summed E-state index contributed by atoms with van der Waals surface area (Å²) in [5, 5.41) is 29.6. The topological polar surface area (TPSA) is 143 Å². The molecular weight excluding hydrogens is 362 g/mol. The van der Waals surface area contributed by atoms with Gasteiger partial charge in [0, 0.05) is 17.5 Å². The van der Waals surface area contributed by atoms with Crippen LogP contribution in [0.15, 0.2) is 53.4 Å². The van der Waals surface area contributed by atoms with Crippen molar-refractivity contribution in [1.82, 2.24) is 3.97 Å². The normalized spacial score (nSPS) is 11.2. The van der Waals surface area contributed by atoms with Gasteiger partial charge in [-0.15, -0.1) is 0 Å². The van der Waals surface area contributed by atoms with E-state index in [0.717, 1.165) is 24.3 Å². The van der Waals surface area contributed by atoms with Gasteiger partial charge in [-0.2, -0.15) is 5.26 Å². The Morgan fingerprint density at radius 2 is 1.92 bits per heavy atom. The van der Waals surface area contributed by atoms with Crippen LogP contribution in [0.25, 0.3) is 10.9 Å². The molecule has 0 unspecified atom stereocenters. The number of aromatic nitrogens is 1. The van der Waals surface area contributed by atoms with Crippen LogP contribution in [-0.4, -0.2) is 28.4 Å². The van der Waals surface area contributed by atoms with Crippen molar-refractivity contribution in [1.29, 1.82) is 5.26 Å². The van der Waals surface area contributed by atoms with E-state index in [1.807, 2.05) is 6.07 Å². The quantitative estimate of drug-likeness (QED) is 0.547. The van der Waals surface area contributed by atoms with E-state index < -0.39 is 37.2 Å². The van der Waals surface area contributed by atoms with Crippen LogP contribution in [0, 0.1) is 21.4 Å². The summed E-state index contributed by atoms with van der Waals surface area (Å²) in [6.45, 7) is 0. The molecule has 0 radical (unpaired) electrons. The molecule has 1 aromatic heterocycles. The van der Waals surface area contributed by atoms with Crippen LogP contribution in [0.5, 0.6) is 0 Å².